The molecule has 0 radical (unpaired) electrons. The Bertz CT molecular complexity index is 671. The minimum absolute atomic E-state index is 0.0374. The van der Waals surface area contributed by atoms with Gasteiger partial charge in [0.2, 0.25) is 0 Å². The van der Waals surface area contributed by atoms with Crippen molar-refractivity contribution in [3.8, 4) is 0 Å². The van der Waals surface area contributed by atoms with E-state index in [4.69, 9.17) is 4.74 Å². The quantitative estimate of drug-likeness (QED) is 0.723. The zero-order valence-electron chi connectivity index (χ0n) is 14.8. The minimum atomic E-state index is -0.360. The molecule has 0 spiro atoms. The largest absolute Gasteiger partial charge is 0.396 e. The second-order valence-electron chi connectivity index (χ2n) is 7.37. The Morgan fingerprint density at radius 2 is 2.32 bits per heavy atom. The van der Waals surface area contributed by atoms with Crippen LogP contribution in [0.15, 0.2) is 11.0 Å². The molecule has 2 N–H and O–H groups in total. The number of aliphatic hydroxyl groups excluding tert-OH is 1. The predicted molar refractivity (Wildman–Crippen MR) is 92.6 cm³/mol. The Balaban J connectivity index is 1.71. The number of amides is 1. The van der Waals surface area contributed by atoms with Gasteiger partial charge in [-0.25, -0.2) is 4.98 Å². The topological polar surface area (TPSA) is 95.5 Å². The fraction of sp³-hybridized carbons (Fsp3) is 0.722. The summed E-state index contributed by atoms with van der Waals surface area (Å²) >= 11 is 0. The molecule has 0 unspecified atom stereocenters. The molecule has 1 saturated heterocycles. The van der Waals surface area contributed by atoms with E-state index in [-0.39, 0.29) is 29.1 Å². The fourth-order valence-corrected chi connectivity index (χ4v) is 3.68. The summed E-state index contributed by atoms with van der Waals surface area (Å²) in [6.45, 7) is 1.75. The van der Waals surface area contributed by atoms with Crippen LogP contribution in [-0.2, 0) is 4.74 Å². The van der Waals surface area contributed by atoms with E-state index in [1.807, 2.05) is 0 Å². The van der Waals surface area contributed by atoms with Crippen LogP contribution < -0.4 is 5.56 Å². The summed E-state index contributed by atoms with van der Waals surface area (Å²) in [4.78, 5) is 33.8. The Labute approximate surface area is 147 Å². The summed E-state index contributed by atoms with van der Waals surface area (Å²) in [6.07, 6.45) is 6.85. The summed E-state index contributed by atoms with van der Waals surface area (Å²) in [5.74, 6) is 0.736. The number of nitrogens with zero attached hydrogens (tertiary/aromatic N) is 2. The van der Waals surface area contributed by atoms with Gasteiger partial charge in [0.25, 0.3) is 11.5 Å². The second kappa shape index (κ2) is 7.66. The maximum atomic E-state index is 12.8. The van der Waals surface area contributed by atoms with Crippen LogP contribution in [0.25, 0.3) is 0 Å². The molecule has 0 aromatic carbocycles. The van der Waals surface area contributed by atoms with Gasteiger partial charge in [0, 0.05) is 44.3 Å². The van der Waals surface area contributed by atoms with Crippen LogP contribution in [0.2, 0.25) is 0 Å². The normalized spacial score (nSPS) is 23.7. The van der Waals surface area contributed by atoms with Crippen molar-refractivity contribution in [3.05, 3.63) is 27.9 Å². The first-order valence-electron chi connectivity index (χ1n) is 9.07. The van der Waals surface area contributed by atoms with Gasteiger partial charge in [0.15, 0.2) is 0 Å². The molecule has 1 aliphatic heterocycles. The van der Waals surface area contributed by atoms with E-state index >= 15 is 0 Å². The van der Waals surface area contributed by atoms with Crippen LogP contribution in [0.5, 0.6) is 0 Å². The van der Waals surface area contributed by atoms with Crippen molar-refractivity contribution in [2.75, 3.05) is 33.4 Å². The fourth-order valence-electron chi connectivity index (χ4n) is 3.68. The van der Waals surface area contributed by atoms with E-state index in [9.17, 15) is 14.7 Å². The SMILES string of the molecule is COCCC[C@@]1(CO)CCCN(C(=O)c2cnc(C3CC3)[nH]c2=O)C1. The number of aliphatic hydroxyl groups is 1. The molecule has 7 heteroatoms. The van der Waals surface area contributed by atoms with Crippen LogP contribution in [0, 0.1) is 5.41 Å². The van der Waals surface area contributed by atoms with Crippen LogP contribution in [-0.4, -0.2) is 59.3 Å². The lowest BCUT2D eigenvalue weighted by molar-refractivity contribution is 0.0179. The van der Waals surface area contributed by atoms with E-state index in [2.05, 4.69) is 9.97 Å². The zero-order chi connectivity index (χ0) is 17.9. The highest BCUT2D eigenvalue weighted by Gasteiger charge is 2.37. The first-order valence-corrected chi connectivity index (χ1v) is 9.07. The highest BCUT2D eigenvalue weighted by Crippen LogP contribution is 2.37. The predicted octanol–water partition coefficient (Wildman–Crippen LogP) is 1.29. The van der Waals surface area contributed by atoms with Crippen LogP contribution in [0.1, 0.15) is 60.6 Å². The molecule has 3 rings (SSSR count). The molecule has 2 aliphatic rings. The van der Waals surface area contributed by atoms with Crippen molar-refractivity contribution in [1.29, 1.82) is 0 Å². The number of carbonyl (C=O) groups is 1. The standard InChI is InChI=1S/C18H27N3O4/c1-25-9-3-7-18(12-22)6-2-8-21(11-18)17(24)14-10-19-15(13-4-5-13)20-16(14)23/h10,13,22H,2-9,11-12H2,1H3,(H,19,20,23)/t18-/m0/s1. The number of piperidine rings is 1. The van der Waals surface area contributed by atoms with Gasteiger partial charge in [-0.2, -0.15) is 0 Å². The van der Waals surface area contributed by atoms with E-state index in [0.29, 0.717) is 31.4 Å². The monoisotopic (exact) mass is 349 g/mol. The molecule has 138 valence electrons. The molecule has 1 atom stereocenters. The van der Waals surface area contributed by atoms with E-state index in [0.717, 1.165) is 38.5 Å². The highest BCUT2D eigenvalue weighted by atomic mass is 16.5. The number of methoxy groups -OCH3 is 1. The highest BCUT2D eigenvalue weighted by molar-refractivity contribution is 5.93. The Kier molecular flexibility index (Phi) is 5.54. The zero-order valence-corrected chi connectivity index (χ0v) is 14.8. The molecule has 1 saturated carbocycles. The number of H-pyrrole nitrogens is 1. The molecule has 1 aromatic rings. The van der Waals surface area contributed by atoms with Gasteiger partial charge in [0.1, 0.15) is 11.4 Å². The lowest BCUT2D eigenvalue weighted by Gasteiger charge is -2.42. The number of hydrogen-bond acceptors (Lipinski definition) is 5. The third-order valence-corrected chi connectivity index (χ3v) is 5.35. The van der Waals surface area contributed by atoms with Gasteiger partial charge in [0.05, 0.1) is 6.61 Å². The second-order valence-corrected chi connectivity index (χ2v) is 7.37. The Morgan fingerprint density at radius 3 is 2.96 bits per heavy atom. The van der Waals surface area contributed by atoms with Gasteiger partial charge >= 0.3 is 0 Å². The van der Waals surface area contributed by atoms with Gasteiger partial charge in [-0.05, 0) is 38.5 Å². The first-order chi connectivity index (χ1) is 12.1. The lowest BCUT2D eigenvalue weighted by Crippen LogP contribution is -2.49. The van der Waals surface area contributed by atoms with Crippen LogP contribution >= 0.6 is 0 Å². The van der Waals surface area contributed by atoms with Crippen molar-refractivity contribution in [2.24, 2.45) is 5.41 Å². The smallest absolute Gasteiger partial charge is 0.263 e. The van der Waals surface area contributed by atoms with Crippen molar-refractivity contribution in [3.63, 3.8) is 0 Å². The molecular formula is C18H27N3O4. The molecule has 1 aromatic heterocycles. The van der Waals surface area contributed by atoms with Crippen molar-refractivity contribution in [1.82, 2.24) is 14.9 Å². The van der Waals surface area contributed by atoms with E-state index in [1.54, 1.807) is 12.0 Å². The molecular weight excluding hydrogens is 322 g/mol. The summed E-state index contributed by atoms with van der Waals surface area (Å²) in [5, 5.41) is 9.91. The number of aromatic nitrogens is 2. The number of carbonyl (C=O) groups excluding carboxylic acids is 1. The Morgan fingerprint density at radius 1 is 1.52 bits per heavy atom. The average molecular weight is 349 g/mol. The van der Waals surface area contributed by atoms with Crippen LogP contribution in [0.4, 0.5) is 0 Å². The number of ether oxygens (including phenoxy) is 1. The van der Waals surface area contributed by atoms with Gasteiger partial charge in [-0.1, -0.05) is 0 Å². The molecule has 2 heterocycles. The maximum absolute atomic E-state index is 12.8. The summed E-state index contributed by atoms with van der Waals surface area (Å²) in [5.41, 5.74) is -0.572. The summed E-state index contributed by atoms with van der Waals surface area (Å²) in [6, 6.07) is 0. The van der Waals surface area contributed by atoms with Gasteiger partial charge in [-0.15, -0.1) is 0 Å². The maximum Gasteiger partial charge on any atom is 0.263 e. The number of hydrogen-bond donors (Lipinski definition) is 2. The third-order valence-electron chi connectivity index (χ3n) is 5.35. The average Bonchev–Trinajstić information content (AvgIpc) is 3.47. The molecule has 2 fully saturated rings. The molecule has 1 aliphatic carbocycles. The summed E-state index contributed by atoms with van der Waals surface area (Å²) in [7, 11) is 1.66. The summed E-state index contributed by atoms with van der Waals surface area (Å²) < 4.78 is 5.10. The van der Waals surface area contributed by atoms with Crippen LogP contribution in [0.3, 0.4) is 0 Å². The molecule has 7 nitrogen and oxygen atoms in total. The van der Waals surface area contributed by atoms with E-state index in [1.165, 1.54) is 6.20 Å². The van der Waals surface area contributed by atoms with Crippen molar-refractivity contribution in [2.45, 2.75) is 44.4 Å². The number of aromatic amines is 1. The number of likely N-dealkylation sites (tertiary alicyclic amines) is 1. The van der Waals surface area contributed by atoms with Crippen molar-refractivity contribution < 1.29 is 14.6 Å². The lowest BCUT2D eigenvalue weighted by atomic mass is 9.77. The molecule has 25 heavy (non-hydrogen) atoms. The first kappa shape index (κ1) is 18.1. The molecule has 0 bridgehead atoms. The Hall–Kier alpha value is -1.73. The molecule has 1 amide bonds. The van der Waals surface area contributed by atoms with Gasteiger partial charge in [-0.3, -0.25) is 9.59 Å². The van der Waals surface area contributed by atoms with Crippen molar-refractivity contribution >= 4 is 5.91 Å². The number of nitrogens with one attached hydrogen (secondary N) is 1. The third kappa shape index (κ3) is 4.10. The minimum Gasteiger partial charge on any atom is -0.396 e. The van der Waals surface area contributed by atoms with Gasteiger partial charge < -0.3 is 19.7 Å². The van der Waals surface area contributed by atoms with E-state index < -0.39 is 0 Å². The number of rotatable bonds is 7.